The van der Waals surface area contributed by atoms with Gasteiger partial charge >= 0.3 is 5.69 Å². The second kappa shape index (κ2) is 4.89. The minimum atomic E-state index is -0.100. The summed E-state index contributed by atoms with van der Waals surface area (Å²) in [4.78, 5) is 15.0. The van der Waals surface area contributed by atoms with Crippen LogP contribution in [-0.2, 0) is 6.54 Å². The van der Waals surface area contributed by atoms with Crippen LogP contribution >= 0.6 is 0 Å². The van der Waals surface area contributed by atoms with Gasteiger partial charge in [0.15, 0.2) is 0 Å². The summed E-state index contributed by atoms with van der Waals surface area (Å²) >= 11 is 0. The number of benzene rings is 2. The number of aromatic nitrogens is 2. The van der Waals surface area contributed by atoms with Gasteiger partial charge in [0.1, 0.15) is 5.75 Å². The first-order valence-corrected chi connectivity index (χ1v) is 6.50. The van der Waals surface area contributed by atoms with Crippen LogP contribution in [0.2, 0.25) is 0 Å². The van der Waals surface area contributed by atoms with Crippen molar-refractivity contribution >= 4 is 11.0 Å². The van der Waals surface area contributed by atoms with Crippen molar-refractivity contribution in [2.24, 2.45) is 0 Å². The summed E-state index contributed by atoms with van der Waals surface area (Å²) in [5, 5.41) is 0. The van der Waals surface area contributed by atoms with Crippen LogP contribution in [-0.4, -0.2) is 16.7 Å². The number of methoxy groups -OCH3 is 1. The molecule has 0 aliphatic heterocycles. The third-order valence-corrected chi connectivity index (χ3v) is 3.57. The molecular formula is C16H16N2O2. The Morgan fingerprint density at radius 3 is 2.75 bits per heavy atom. The van der Waals surface area contributed by atoms with E-state index in [1.807, 2.05) is 36.4 Å². The van der Waals surface area contributed by atoms with Gasteiger partial charge in [-0.2, -0.15) is 0 Å². The molecule has 1 aromatic heterocycles. The number of hydrogen-bond acceptors (Lipinski definition) is 2. The molecule has 20 heavy (non-hydrogen) atoms. The molecule has 0 amide bonds. The summed E-state index contributed by atoms with van der Waals surface area (Å²) < 4.78 is 6.97. The lowest BCUT2D eigenvalue weighted by Gasteiger charge is -2.07. The van der Waals surface area contributed by atoms with Crippen molar-refractivity contribution in [3.8, 4) is 5.75 Å². The summed E-state index contributed by atoms with van der Waals surface area (Å²) in [5.74, 6) is 0.745. The fraction of sp³-hybridized carbons (Fsp3) is 0.188. The minimum absolute atomic E-state index is 0.100. The predicted octanol–water partition coefficient (Wildman–Crippen LogP) is 2.69. The normalized spacial score (nSPS) is 10.9. The van der Waals surface area contributed by atoms with E-state index in [-0.39, 0.29) is 5.69 Å². The highest BCUT2D eigenvalue weighted by molar-refractivity contribution is 5.77. The third-order valence-electron chi connectivity index (χ3n) is 3.57. The molecular weight excluding hydrogens is 252 g/mol. The average molecular weight is 268 g/mol. The zero-order valence-electron chi connectivity index (χ0n) is 11.5. The van der Waals surface area contributed by atoms with Gasteiger partial charge in [-0.3, -0.25) is 4.57 Å². The standard InChI is InChI=1S/C16H16N2O2/c1-11-5-3-4-6-12(11)10-18-15-9-13(20-2)7-8-14(15)17-16(18)19/h3-9H,10H2,1-2H3,(H,17,19). The maximum Gasteiger partial charge on any atom is 0.326 e. The summed E-state index contributed by atoms with van der Waals surface area (Å²) in [7, 11) is 1.62. The highest BCUT2D eigenvalue weighted by Gasteiger charge is 2.09. The molecule has 0 unspecified atom stereocenters. The van der Waals surface area contributed by atoms with E-state index in [9.17, 15) is 4.79 Å². The van der Waals surface area contributed by atoms with Crippen LogP contribution in [0.25, 0.3) is 11.0 Å². The Bertz CT molecular complexity index is 815. The molecule has 0 aliphatic rings. The first kappa shape index (κ1) is 12.5. The van der Waals surface area contributed by atoms with Crippen LogP contribution in [0.1, 0.15) is 11.1 Å². The fourth-order valence-corrected chi connectivity index (χ4v) is 2.37. The number of H-pyrrole nitrogens is 1. The highest BCUT2D eigenvalue weighted by Crippen LogP contribution is 2.19. The van der Waals surface area contributed by atoms with Crippen molar-refractivity contribution in [3.63, 3.8) is 0 Å². The van der Waals surface area contributed by atoms with Crippen molar-refractivity contribution in [2.75, 3.05) is 7.11 Å². The molecule has 0 aliphatic carbocycles. The number of aryl methyl sites for hydroxylation is 1. The zero-order valence-corrected chi connectivity index (χ0v) is 11.5. The molecule has 2 aromatic carbocycles. The largest absolute Gasteiger partial charge is 0.497 e. The summed E-state index contributed by atoms with van der Waals surface area (Å²) in [6, 6.07) is 13.7. The van der Waals surface area contributed by atoms with Crippen molar-refractivity contribution < 1.29 is 4.74 Å². The lowest BCUT2D eigenvalue weighted by Crippen LogP contribution is -2.17. The Labute approximate surface area is 116 Å². The monoisotopic (exact) mass is 268 g/mol. The van der Waals surface area contributed by atoms with Gasteiger partial charge in [0, 0.05) is 6.07 Å². The van der Waals surface area contributed by atoms with Crippen molar-refractivity contribution in [3.05, 3.63) is 64.1 Å². The van der Waals surface area contributed by atoms with Gasteiger partial charge in [0.2, 0.25) is 0 Å². The number of hydrogen-bond donors (Lipinski definition) is 1. The Morgan fingerprint density at radius 2 is 2.00 bits per heavy atom. The third kappa shape index (κ3) is 2.09. The molecule has 0 spiro atoms. The Morgan fingerprint density at radius 1 is 1.20 bits per heavy atom. The number of nitrogens with one attached hydrogen (secondary N) is 1. The molecule has 1 N–H and O–H groups in total. The Hall–Kier alpha value is -2.49. The first-order chi connectivity index (χ1) is 9.69. The number of fused-ring (bicyclic) bond motifs is 1. The summed E-state index contributed by atoms with van der Waals surface area (Å²) in [5.41, 5.74) is 3.90. The quantitative estimate of drug-likeness (QED) is 0.794. The topological polar surface area (TPSA) is 47.0 Å². The van der Waals surface area contributed by atoms with Gasteiger partial charge in [0.05, 0.1) is 24.7 Å². The molecule has 4 nitrogen and oxygen atoms in total. The molecule has 1 heterocycles. The van der Waals surface area contributed by atoms with Crippen LogP contribution < -0.4 is 10.4 Å². The van der Waals surface area contributed by atoms with Gasteiger partial charge in [-0.25, -0.2) is 4.79 Å². The predicted molar refractivity (Wildman–Crippen MR) is 79.4 cm³/mol. The van der Waals surface area contributed by atoms with Crippen LogP contribution in [0, 0.1) is 6.92 Å². The number of rotatable bonds is 3. The van der Waals surface area contributed by atoms with Gasteiger partial charge in [-0.15, -0.1) is 0 Å². The molecule has 0 saturated carbocycles. The van der Waals surface area contributed by atoms with E-state index >= 15 is 0 Å². The van der Waals surface area contributed by atoms with E-state index in [1.165, 1.54) is 5.56 Å². The maximum absolute atomic E-state index is 12.1. The van der Waals surface area contributed by atoms with Crippen LogP contribution in [0.15, 0.2) is 47.3 Å². The van der Waals surface area contributed by atoms with E-state index in [0.717, 1.165) is 22.3 Å². The SMILES string of the molecule is COc1ccc2[nH]c(=O)n(Cc3ccccc3C)c2c1. The Kier molecular flexibility index (Phi) is 3.06. The summed E-state index contributed by atoms with van der Waals surface area (Å²) in [6.45, 7) is 2.61. The van der Waals surface area contributed by atoms with Gasteiger partial charge < -0.3 is 9.72 Å². The number of imidazole rings is 1. The second-order valence-electron chi connectivity index (χ2n) is 4.83. The lowest BCUT2D eigenvalue weighted by molar-refractivity contribution is 0.415. The van der Waals surface area contributed by atoms with E-state index in [4.69, 9.17) is 4.74 Å². The average Bonchev–Trinajstić information content (AvgIpc) is 2.77. The van der Waals surface area contributed by atoms with Crippen molar-refractivity contribution in [1.29, 1.82) is 0 Å². The van der Waals surface area contributed by atoms with Gasteiger partial charge in [-0.05, 0) is 30.2 Å². The fourth-order valence-electron chi connectivity index (χ4n) is 2.37. The van der Waals surface area contributed by atoms with E-state index < -0.39 is 0 Å². The number of ether oxygens (including phenoxy) is 1. The Balaban J connectivity index is 2.13. The smallest absolute Gasteiger partial charge is 0.326 e. The van der Waals surface area contributed by atoms with E-state index in [2.05, 4.69) is 18.0 Å². The molecule has 0 radical (unpaired) electrons. The molecule has 0 fully saturated rings. The molecule has 0 saturated heterocycles. The molecule has 0 bridgehead atoms. The van der Waals surface area contributed by atoms with Crippen molar-refractivity contribution in [2.45, 2.75) is 13.5 Å². The van der Waals surface area contributed by atoms with E-state index in [0.29, 0.717) is 6.54 Å². The van der Waals surface area contributed by atoms with Crippen molar-refractivity contribution in [1.82, 2.24) is 9.55 Å². The summed E-state index contributed by atoms with van der Waals surface area (Å²) in [6.07, 6.45) is 0. The van der Waals surface area contributed by atoms with Crippen LogP contribution in [0.5, 0.6) is 5.75 Å². The molecule has 4 heteroatoms. The van der Waals surface area contributed by atoms with Gasteiger partial charge in [0.25, 0.3) is 0 Å². The van der Waals surface area contributed by atoms with E-state index in [1.54, 1.807) is 11.7 Å². The first-order valence-electron chi connectivity index (χ1n) is 6.50. The minimum Gasteiger partial charge on any atom is -0.497 e. The van der Waals surface area contributed by atoms with Crippen LogP contribution in [0.4, 0.5) is 0 Å². The molecule has 3 rings (SSSR count). The highest BCUT2D eigenvalue weighted by atomic mass is 16.5. The second-order valence-corrected chi connectivity index (χ2v) is 4.83. The molecule has 3 aromatic rings. The lowest BCUT2D eigenvalue weighted by atomic mass is 10.1. The molecule has 102 valence electrons. The van der Waals surface area contributed by atoms with Gasteiger partial charge in [-0.1, -0.05) is 24.3 Å². The number of aromatic amines is 1. The molecule has 0 atom stereocenters. The zero-order chi connectivity index (χ0) is 14.1. The maximum atomic E-state index is 12.1. The number of nitrogens with zero attached hydrogens (tertiary/aromatic N) is 1. The van der Waals surface area contributed by atoms with Crippen LogP contribution in [0.3, 0.4) is 0 Å².